The van der Waals surface area contributed by atoms with Gasteiger partial charge in [-0.05, 0) is 33.7 Å². The molecule has 1 saturated heterocycles. The fraction of sp³-hybridized carbons (Fsp3) is 0.500. The van der Waals surface area contributed by atoms with Crippen LogP contribution in [-0.2, 0) is 21.5 Å². The van der Waals surface area contributed by atoms with E-state index in [0.29, 0.717) is 15.1 Å². The Morgan fingerprint density at radius 2 is 1.47 bits per heavy atom. The van der Waals surface area contributed by atoms with Gasteiger partial charge >= 0.3 is 0 Å². The highest BCUT2D eigenvalue weighted by molar-refractivity contribution is 7.38. The van der Waals surface area contributed by atoms with Gasteiger partial charge in [-0.2, -0.15) is 0 Å². The number of carbonyl (C=O) groups excluding carboxylic acids is 2. The molecule has 3 nitrogen and oxygen atoms in total. The van der Waals surface area contributed by atoms with Crippen molar-refractivity contribution in [3.8, 4) is 0 Å². The number of nitrogens with zero attached hydrogens (tertiary/aromatic N) is 1. The molecule has 1 aliphatic heterocycles. The van der Waals surface area contributed by atoms with Crippen LogP contribution in [0.5, 0.6) is 0 Å². The summed E-state index contributed by atoms with van der Waals surface area (Å²) in [6, 6.07) is 18.6. The first kappa shape index (κ1) is 24.6. The van der Waals surface area contributed by atoms with E-state index in [1.807, 2.05) is 30.3 Å². The molecule has 172 valence electrons. The SMILES string of the molecule is CCPC(c1ccc(C(C)(C)C)cc1)C1C(=O)N(Cc2ccccc2)C(=O)C1C(C)(C)C. The number of rotatable bonds is 6. The second kappa shape index (κ2) is 9.48. The van der Waals surface area contributed by atoms with Gasteiger partial charge in [0, 0.05) is 5.66 Å². The maximum Gasteiger partial charge on any atom is 0.234 e. The minimum absolute atomic E-state index is 0.00961. The predicted octanol–water partition coefficient (Wildman–Crippen LogP) is 6.57. The zero-order chi connectivity index (χ0) is 23.7. The Bertz CT molecular complexity index is 938. The average molecular weight is 452 g/mol. The molecular formula is C28H38NO2P. The summed E-state index contributed by atoms with van der Waals surface area (Å²) in [5, 5.41) is 0. The minimum atomic E-state index is -0.315. The van der Waals surface area contributed by atoms with Gasteiger partial charge in [-0.15, -0.1) is 8.58 Å². The van der Waals surface area contributed by atoms with Crippen LogP contribution in [0.1, 0.15) is 70.8 Å². The number of carbonyl (C=O) groups is 2. The Labute approximate surface area is 195 Å². The van der Waals surface area contributed by atoms with E-state index in [2.05, 4.69) is 72.7 Å². The van der Waals surface area contributed by atoms with Crippen molar-refractivity contribution >= 4 is 20.4 Å². The van der Waals surface area contributed by atoms with Gasteiger partial charge in [-0.25, -0.2) is 0 Å². The van der Waals surface area contributed by atoms with Crippen molar-refractivity contribution in [2.24, 2.45) is 17.3 Å². The summed E-state index contributed by atoms with van der Waals surface area (Å²) in [6.07, 6.45) is 0.999. The van der Waals surface area contributed by atoms with Crippen molar-refractivity contribution in [1.29, 1.82) is 0 Å². The van der Waals surface area contributed by atoms with Crippen molar-refractivity contribution in [3.05, 3.63) is 71.3 Å². The van der Waals surface area contributed by atoms with Gasteiger partial charge in [-0.1, -0.05) is 103 Å². The van der Waals surface area contributed by atoms with Crippen LogP contribution in [0, 0.1) is 17.3 Å². The zero-order valence-corrected chi connectivity index (χ0v) is 21.6. The molecule has 1 fully saturated rings. The summed E-state index contributed by atoms with van der Waals surface area (Å²) in [5.41, 5.74) is 3.32. The van der Waals surface area contributed by atoms with Crippen LogP contribution in [0.4, 0.5) is 0 Å². The number of hydrogen-bond acceptors (Lipinski definition) is 2. The highest BCUT2D eigenvalue weighted by atomic mass is 31.1. The summed E-state index contributed by atoms with van der Waals surface area (Å²) in [6.45, 7) is 15.4. The Kier molecular flexibility index (Phi) is 7.30. The molecule has 32 heavy (non-hydrogen) atoms. The van der Waals surface area contributed by atoms with Crippen LogP contribution in [0.15, 0.2) is 54.6 Å². The lowest BCUT2D eigenvalue weighted by Gasteiger charge is -2.33. The van der Waals surface area contributed by atoms with Gasteiger partial charge in [0.05, 0.1) is 18.4 Å². The molecule has 3 rings (SSSR count). The topological polar surface area (TPSA) is 37.4 Å². The number of benzene rings is 2. The van der Waals surface area contributed by atoms with E-state index in [0.717, 1.165) is 11.7 Å². The molecular weight excluding hydrogens is 413 g/mol. The lowest BCUT2D eigenvalue weighted by Crippen LogP contribution is -2.34. The van der Waals surface area contributed by atoms with E-state index in [4.69, 9.17) is 0 Å². The molecule has 1 aliphatic rings. The molecule has 0 spiro atoms. The molecule has 0 bridgehead atoms. The first-order valence-corrected chi connectivity index (χ1v) is 13.0. The van der Waals surface area contributed by atoms with E-state index in [9.17, 15) is 9.59 Å². The maximum atomic E-state index is 13.8. The molecule has 0 saturated carbocycles. The van der Waals surface area contributed by atoms with Crippen LogP contribution < -0.4 is 0 Å². The molecule has 0 N–H and O–H groups in total. The van der Waals surface area contributed by atoms with E-state index in [1.54, 1.807) is 0 Å². The Balaban J connectivity index is 2.01. The standard InChI is InChI=1S/C28H38NO2P/c1-8-32-24(20-14-16-21(17-15-20)27(2,3)4)22-23(28(5,6)7)26(31)29(25(22)30)18-19-12-10-9-11-13-19/h9-17,22-24,32H,8,18H2,1-7H3. The van der Waals surface area contributed by atoms with Crippen LogP contribution in [0.25, 0.3) is 0 Å². The number of amides is 2. The minimum Gasteiger partial charge on any atom is -0.278 e. The van der Waals surface area contributed by atoms with Gasteiger partial charge in [-0.3, -0.25) is 14.5 Å². The summed E-state index contributed by atoms with van der Waals surface area (Å²) in [4.78, 5) is 28.9. The quantitative estimate of drug-likeness (QED) is 0.368. The summed E-state index contributed by atoms with van der Waals surface area (Å²) in [5.74, 6) is -0.659. The summed E-state index contributed by atoms with van der Waals surface area (Å²) < 4.78 is 0. The number of hydrogen-bond donors (Lipinski definition) is 0. The largest absolute Gasteiger partial charge is 0.278 e. The highest BCUT2D eigenvalue weighted by Crippen LogP contribution is 2.52. The van der Waals surface area contributed by atoms with Crippen molar-refractivity contribution < 1.29 is 9.59 Å². The van der Waals surface area contributed by atoms with Crippen LogP contribution in [0.3, 0.4) is 0 Å². The maximum absolute atomic E-state index is 13.8. The van der Waals surface area contributed by atoms with Crippen LogP contribution in [-0.4, -0.2) is 22.9 Å². The van der Waals surface area contributed by atoms with Crippen molar-refractivity contribution in [3.63, 3.8) is 0 Å². The smallest absolute Gasteiger partial charge is 0.234 e. The van der Waals surface area contributed by atoms with Crippen LogP contribution >= 0.6 is 8.58 Å². The predicted molar refractivity (Wildman–Crippen MR) is 135 cm³/mol. The summed E-state index contributed by atoms with van der Waals surface area (Å²) in [7, 11) is 0.599. The first-order chi connectivity index (χ1) is 14.9. The number of likely N-dealkylation sites (tertiary alicyclic amines) is 1. The van der Waals surface area contributed by atoms with Gasteiger partial charge in [0.1, 0.15) is 0 Å². The third-order valence-corrected chi connectivity index (χ3v) is 8.02. The molecule has 2 aromatic carbocycles. The molecule has 1 heterocycles. The molecule has 4 atom stereocenters. The van der Waals surface area contributed by atoms with E-state index >= 15 is 0 Å². The van der Waals surface area contributed by atoms with Crippen molar-refractivity contribution in [2.45, 2.75) is 66.1 Å². The normalized spacial score (nSPS) is 21.0. The monoisotopic (exact) mass is 451 g/mol. The van der Waals surface area contributed by atoms with Crippen molar-refractivity contribution in [2.75, 3.05) is 6.16 Å². The second-order valence-electron chi connectivity index (χ2n) is 11.0. The fourth-order valence-corrected chi connectivity index (χ4v) is 6.24. The summed E-state index contributed by atoms with van der Waals surface area (Å²) >= 11 is 0. The van der Waals surface area contributed by atoms with Gasteiger partial charge < -0.3 is 0 Å². The Morgan fingerprint density at radius 1 is 0.875 bits per heavy atom. The zero-order valence-electron chi connectivity index (χ0n) is 20.6. The molecule has 0 radical (unpaired) electrons. The van der Waals surface area contributed by atoms with E-state index in [-0.39, 0.29) is 40.1 Å². The van der Waals surface area contributed by atoms with Gasteiger partial charge in [0.15, 0.2) is 0 Å². The third kappa shape index (κ3) is 5.15. The third-order valence-electron chi connectivity index (χ3n) is 6.48. The molecule has 0 aromatic heterocycles. The molecule has 0 aliphatic carbocycles. The molecule has 4 unspecified atom stereocenters. The first-order valence-electron chi connectivity index (χ1n) is 11.7. The fourth-order valence-electron chi connectivity index (χ4n) is 4.78. The Hall–Kier alpha value is -1.99. The average Bonchev–Trinajstić information content (AvgIpc) is 2.97. The lowest BCUT2D eigenvalue weighted by atomic mass is 9.72. The number of imide groups is 1. The van der Waals surface area contributed by atoms with E-state index < -0.39 is 0 Å². The van der Waals surface area contributed by atoms with Crippen LogP contribution in [0.2, 0.25) is 0 Å². The Morgan fingerprint density at radius 3 is 1.97 bits per heavy atom. The second-order valence-corrected chi connectivity index (χ2v) is 12.8. The molecule has 2 amide bonds. The van der Waals surface area contributed by atoms with Gasteiger partial charge in [0.25, 0.3) is 0 Å². The van der Waals surface area contributed by atoms with Gasteiger partial charge in [0.2, 0.25) is 11.8 Å². The van der Waals surface area contributed by atoms with Crippen molar-refractivity contribution in [1.82, 2.24) is 4.90 Å². The molecule has 4 heteroatoms. The van der Waals surface area contributed by atoms with E-state index in [1.165, 1.54) is 16.0 Å². The lowest BCUT2D eigenvalue weighted by molar-refractivity contribution is -0.141. The highest BCUT2D eigenvalue weighted by Gasteiger charge is 2.55. The molecule has 2 aromatic rings.